The summed E-state index contributed by atoms with van der Waals surface area (Å²) in [5.41, 5.74) is 1.21. The molecular formula is C17H27NO3. The van der Waals surface area contributed by atoms with E-state index in [9.17, 15) is 5.11 Å². The summed E-state index contributed by atoms with van der Waals surface area (Å²) in [6.07, 6.45) is 4.10. The molecule has 118 valence electrons. The quantitative estimate of drug-likeness (QED) is 0.759. The van der Waals surface area contributed by atoms with Crippen LogP contribution in [0, 0.1) is 0 Å². The maximum absolute atomic E-state index is 10.0. The fraction of sp³-hybridized carbons (Fsp3) is 0.647. The van der Waals surface area contributed by atoms with Crippen molar-refractivity contribution in [3.8, 4) is 5.75 Å². The molecule has 4 heteroatoms. The standard InChI is InChI=1S/C17H27NO3/c1-13(18-16-5-3-4-6-17(16)19)14-7-9-15(10-8-14)21-12-11-20-2/h7-10,13,16-19H,3-6,11-12H2,1-2H3. The van der Waals surface area contributed by atoms with Gasteiger partial charge in [0.15, 0.2) is 0 Å². The number of ether oxygens (including phenoxy) is 2. The molecule has 1 aromatic rings. The van der Waals surface area contributed by atoms with Crippen LogP contribution in [-0.2, 0) is 4.74 Å². The molecule has 0 heterocycles. The Hall–Kier alpha value is -1.10. The summed E-state index contributed by atoms with van der Waals surface area (Å²) in [6, 6.07) is 8.58. The van der Waals surface area contributed by atoms with Crippen LogP contribution in [0.3, 0.4) is 0 Å². The lowest BCUT2D eigenvalue weighted by molar-refractivity contribution is 0.0859. The number of hydrogen-bond acceptors (Lipinski definition) is 4. The van der Waals surface area contributed by atoms with Gasteiger partial charge in [0.1, 0.15) is 12.4 Å². The molecule has 0 amide bonds. The van der Waals surface area contributed by atoms with E-state index in [1.807, 2.05) is 12.1 Å². The summed E-state index contributed by atoms with van der Waals surface area (Å²) in [7, 11) is 1.67. The van der Waals surface area contributed by atoms with Gasteiger partial charge in [0, 0.05) is 19.2 Å². The Bertz CT molecular complexity index is 407. The van der Waals surface area contributed by atoms with Crippen molar-refractivity contribution in [2.24, 2.45) is 0 Å². The molecule has 0 spiro atoms. The van der Waals surface area contributed by atoms with Crippen molar-refractivity contribution in [3.05, 3.63) is 29.8 Å². The summed E-state index contributed by atoms with van der Waals surface area (Å²) < 4.78 is 10.5. The molecule has 21 heavy (non-hydrogen) atoms. The summed E-state index contributed by atoms with van der Waals surface area (Å²) in [5.74, 6) is 0.862. The Labute approximate surface area is 127 Å². The molecule has 0 aromatic heterocycles. The third kappa shape index (κ3) is 4.99. The average molecular weight is 293 g/mol. The lowest BCUT2D eigenvalue weighted by Crippen LogP contribution is -2.43. The van der Waals surface area contributed by atoms with Crippen LogP contribution in [0.1, 0.15) is 44.2 Å². The van der Waals surface area contributed by atoms with E-state index in [1.165, 1.54) is 12.0 Å². The van der Waals surface area contributed by atoms with E-state index >= 15 is 0 Å². The van der Waals surface area contributed by atoms with Crippen LogP contribution in [0.15, 0.2) is 24.3 Å². The molecule has 3 atom stereocenters. The van der Waals surface area contributed by atoms with Gasteiger partial charge in [-0.15, -0.1) is 0 Å². The Morgan fingerprint density at radius 2 is 1.90 bits per heavy atom. The van der Waals surface area contributed by atoms with Crippen molar-refractivity contribution >= 4 is 0 Å². The molecule has 2 rings (SSSR count). The van der Waals surface area contributed by atoms with Gasteiger partial charge in [0.2, 0.25) is 0 Å². The first kappa shape index (κ1) is 16.3. The van der Waals surface area contributed by atoms with Crippen molar-refractivity contribution in [3.63, 3.8) is 0 Å². The summed E-state index contributed by atoms with van der Waals surface area (Å²) in [6.45, 7) is 3.30. The minimum Gasteiger partial charge on any atom is -0.491 e. The summed E-state index contributed by atoms with van der Waals surface area (Å²) >= 11 is 0. The van der Waals surface area contributed by atoms with Gasteiger partial charge in [0.25, 0.3) is 0 Å². The Balaban J connectivity index is 1.85. The maximum Gasteiger partial charge on any atom is 0.119 e. The van der Waals surface area contributed by atoms with Crippen LogP contribution >= 0.6 is 0 Å². The van der Waals surface area contributed by atoms with Crippen molar-refractivity contribution in [1.82, 2.24) is 5.32 Å². The van der Waals surface area contributed by atoms with Crippen molar-refractivity contribution in [1.29, 1.82) is 0 Å². The first-order valence-electron chi connectivity index (χ1n) is 7.86. The van der Waals surface area contributed by atoms with Gasteiger partial charge in [-0.3, -0.25) is 0 Å². The Morgan fingerprint density at radius 1 is 1.19 bits per heavy atom. The normalized spacial score (nSPS) is 23.8. The SMILES string of the molecule is COCCOc1ccc(C(C)NC2CCCCC2O)cc1. The number of hydrogen-bond donors (Lipinski definition) is 2. The van der Waals surface area contributed by atoms with E-state index in [0.29, 0.717) is 13.2 Å². The molecule has 1 aromatic carbocycles. The molecular weight excluding hydrogens is 266 g/mol. The number of rotatable bonds is 7. The molecule has 1 aliphatic rings. The lowest BCUT2D eigenvalue weighted by atomic mass is 9.91. The van der Waals surface area contributed by atoms with Gasteiger partial charge in [-0.1, -0.05) is 25.0 Å². The van der Waals surface area contributed by atoms with Gasteiger partial charge in [-0.25, -0.2) is 0 Å². The first-order valence-corrected chi connectivity index (χ1v) is 7.86. The summed E-state index contributed by atoms with van der Waals surface area (Å²) in [5, 5.41) is 13.6. The molecule has 2 N–H and O–H groups in total. The Morgan fingerprint density at radius 3 is 2.57 bits per heavy atom. The topological polar surface area (TPSA) is 50.7 Å². The summed E-state index contributed by atoms with van der Waals surface area (Å²) in [4.78, 5) is 0. The smallest absolute Gasteiger partial charge is 0.119 e. The molecule has 1 saturated carbocycles. The highest BCUT2D eigenvalue weighted by Gasteiger charge is 2.24. The Kier molecular flexibility index (Phi) is 6.49. The third-order valence-electron chi connectivity index (χ3n) is 4.13. The first-order chi connectivity index (χ1) is 10.2. The van der Waals surface area contributed by atoms with Crippen LogP contribution in [0.5, 0.6) is 5.75 Å². The fourth-order valence-corrected chi connectivity index (χ4v) is 2.82. The zero-order chi connectivity index (χ0) is 15.1. The number of methoxy groups -OCH3 is 1. The van der Waals surface area contributed by atoms with Crippen molar-refractivity contribution < 1.29 is 14.6 Å². The monoisotopic (exact) mass is 293 g/mol. The van der Waals surface area contributed by atoms with E-state index < -0.39 is 0 Å². The number of aliphatic hydroxyl groups is 1. The molecule has 4 nitrogen and oxygen atoms in total. The second kappa shape index (κ2) is 8.37. The van der Waals surface area contributed by atoms with E-state index in [2.05, 4.69) is 24.4 Å². The molecule has 1 fully saturated rings. The molecule has 0 aliphatic heterocycles. The van der Waals surface area contributed by atoms with Gasteiger partial charge >= 0.3 is 0 Å². The van der Waals surface area contributed by atoms with E-state index in [-0.39, 0.29) is 18.2 Å². The molecule has 0 saturated heterocycles. The maximum atomic E-state index is 10.0. The molecule has 0 radical (unpaired) electrons. The number of aliphatic hydroxyl groups excluding tert-OH is 1. The van der Waals surface area contributed by atoms with Crippen molar-refractivity contribution in [2.45, 2.75) is 50.8 Å². The van der Waals surface area contributed by atoms with E-state index in [1.54, 1.807) is 7.11 Å². The zero-order valence-electron chi connectivity index (χ0n) is 13.0. The third-order valence-corrected chi connectivity index (χ3v) is 4.13. The van der Waals surface area contributed by atoms with Crippen LogP contribution in [0.4, 0.5) is 0 Å². The highest BCUT2D eigenvalue weighted by molar-refractivity contribution is 5.29. The number of nitrogens with one attached hydrogen (secondary N) is 1. The van der Waals surface area contributed by atoms with Gasteiger partial charge in [-0.2, -0.15) is 0 Å². The predicted molar refractivity (Wildman–Crippen MR) is 83.6 cm³/mol. The minimum atomic E-state index is -0.210. The van der Waals surface area contributed by atoms with Gasteiger partial charge in [-0.05, 0) is 37.5 Å². The zero-order valence-corrected chi connectivity index (χ0v) is 13.0. The second-order valence-corrected chi connectivity index (χ2v) is 5.76. The van der Waals surface area contributed by atoms with Crippen LogP contribution < -0.4 is 10.1 Å². The van der Waals surface area contributed by atoms with Crippen molar-refractivity contribution in [2.75, 3.05) is 20.3 Å². The van der Waals surface area contributed by atoms with Gasteiger partial charge in [0.05, 0.1) is 12.7 Å². The highest BCUT2D eigenvalue weighted by atomic mass is 16.5. The molecule has 0 bridgehead atoms. The van der Waals surface area contributed by atoms with E-state index in [4.69, 9.17) is 9.47 Å². The van der Waals surface area contributed by atoms with Gasteiger partial charge < -0.3 is 19.9 Å². The highest BCUT2D eigenvalue weighted by Crippen LogP contribution is 2.23. The van der Waals surface area contributed by atoms with E-state index in [0.717, 1.165) is 25.0 Å². The predicted octanol–water partition coefficient (Wildman–Crippen LogP) is 2.67. The lowest BCUT2D eigenvalue weighted by Gasteiger charge is -2.31. The van der Waals surface area contributed by atoms with Crippen LogP contribution in [0.25, 0.3) is 0 Å². The average Bonchev–Trinajstić information content (AvgIpc) is 2.50. The second-order valence-electron chi connectivity index (χ2n) is 5.76. The number of benzene rings is 1. The van der Waals surface area contributed by atoms with Crippen LogP contribution in [0.2, 0.25) is 0 Å². The fourth-order valence-electron chi connectivity index (χ4n) is 2.82. The van der Waals surface area contributed by atoms with Crippen LogP contribution in [-0.4, -0.2) is 37.6 Å². The largest absolute Gasteiger partial charge is 0.491 e. The minimum absolute atomic E-state index is 0.210. The molecule has 1 aliphatic carbocycles. The molecule has 3 unspecified atom stereocenters.